The Morgan fingerprint density at radius 1 is 0.148 bits per heavy atom. The molecule has 54 heteroatoms. The van der Waals surface area contributed by atoms with Crippen LogP contribution in [0.4, 0.5) is 0 Å². The van der Waals surface area contributed by atoms with Crippen LogP contribution >= 0.6 is 0 Å². The van der Waals surface area contributed by atoms with E-state index in [1.54, 1.807) is 0 Å². The van der Waals surface area contributed by atoms with Crippen molar-refractivity contribution in [2.45, 2.75) is 0 Å². The molecule has 0 bridgehead atoms. The molecule has 0 heterocycles. The van der Waals surface area contributed by atoms with Crippen molar-refractivity contribution < 1.29 is 0 Å². The molecule has 0 rings (SSSR count). The molecule has 0 aromatic carbocycles. The second-order valence-electron chi connectivity index (χ2n) is 15.0. The van der Waals surface area contributed by atoms with Gasteiger partial charge in [-0.25, -0.2) is 0 Å². The first-order valence-electron chi connectivity index (χ1n) is 17.7. The van der Waals surface area contributed by atoms with Crippen molar-refractivity contribution in [3.63, 3.8) is 0 Å². The highest BCUT2D eigenvalue weighted by Crippen LogP contribution is 2.23. The Morgan fingerprint density at radius 2 is 0.241 bits per heavy atom. The van der Waals surface area contributed by atoms with Gasteiger partial charge in [0.15, 0.2) is 0 Å². The molecule has 0 aliphatic carbocycles. The van der Waals surface area contributed by atoms with Gasteiger partial charge in [-0.1, -0.05) is 0 Å². The van der Waals surface area contributed by atoms with Gasteiger partial charge >= 0.3 is 0 Å². The van der Waals surface area contributed by atoms with Crippen LogP contribution < -0.4 is 0 Å². The molecule has 0 nitrogen and oxygen atoms in total. The molecule has 0 saturated heterocycles. The molecule has 0 aliphatic rings. The highest BCUT2D eigenvalue weighted by atomic mass is 13.4. The van der Waals surface area contributed by atoms with Crippen molar-refractivity contribution in [2.75, 3.05) is 0 Å². The zero-order valence-corrected chi connectivity index (χ0v) is 31.2. The van der Waals surface area contributed by atoms with Gasteiger partial charge in [0.1, 0.15) is 0 Å². The van der Waals surface area contributed by atoms with E-state index >= 15 is 0 Å². The summed E-state index contributed by atoms with van der Waals surface area (Å²) in [4.78, 5) is 0. The van der Waals surface area contributed by atoms with Gasteiger partial charge in [-0.2, -0.15) is 0 Å². The molecule has 166 valence electrons. The maximum absolute atomic E-state index is 6.57. The van der Waals surface area contributed by atoms with E-state index in [-0.39, 0.29) is 0 Å². The van der Waals surface area contributed by atoms with Gasteiger partial charge in [-0.15, -0.1) is 6.39 Å². The number of rotatable bonds is 25. The van der Waals surface area contributed by atoms with E-state index in [2.05, 4.69) is 0 Å². The van der Waals surface area contributed by atoms with E-state index in [0.29, 0.717) is 0 Å². The summed E-state index contributed by atoms with van der Waals surface area (Å²) in [6.45, 7) is 0. The Kier molecular flexibility index (Phi) is 27.9. The molecule has 0 aromatic rings. The van der Waals surface area contributed by atoms with Crippen LogP contribution in [-0.4, -0.2) is 383 Å². The van der Waals surface area contributed by atoms with E-state index in [0.717, 1.165) is 0 Å². The third-order valence-electron chi connectivity index (χ3n) is 11.1. The molecule has 60 radical (unpaired) electrons. The molecule has 0 fully saturated rings. The Bertz CT molecular complexity index is 793. The van der Waals surface area contributed by atoms with Crippen LogP contribution in [0.15, 0.2) is 0 Å². The van der Waals surface area contributed by atoms with E-state index in [9.17, 15) is 0 Å². The first kappa shape index (κ1) is 57.5. The summed E-state index contributed by atoms with van der Waals surface area (Å²) < 4.78 is 0. The molecular weight excluding hydrogens is 584 g/mol. The molecular formula is B54-4. The molecule has 0 amide bonds. The van der Waals surface area contributed by atoms with Gasteiger partial charge in [-0.05, 0) is 333 Å². The van der Waals surface area contributed by atoms with Crippen molar-refractivity contribution in [3.05, 3.63) is 0 Å². The summed E-state index contributed by atoms with van der Waals surface area (Å²) in [5, 5.41) is 0. The highest BCUT2D eigenvalue weighted by Gasteiger charge is 2.59. The summed E-state index contributed by atoms with van der Waals surface area (Å²) in [6, 6.07) is 0. The van der Waals surface area contributed by atoms with E-state index in [1.165, 1.54) is 0 Å². The third kappa shape index (κ3) is 15.4. The van der Waals surface area contributed by atoms with Gasteiger partial charge in [0, 0.05) is 0 Å². The average molecular weight is 584 g/mol. The monoisotopic (exact) mass is 595 g/mol. The minimum Gasteiger partial charge on any atom is -0.729 e. The zero-order chi connectivity index (χ0) is 43.0. The summed E-state index contributed by atoms with van der Waals surface area (Å²) in [7, 11) is 182. The lowest BCUT2D eigenvalue weighted by Gasteiger charge is -2.66. The van der Waals surface area contributed by atoms with E-state index < -0.39 is 166 Å². The summed E-state index contributed by atoms with van der Waals surface area (Å²) in [6.07, 6.45) is -35.1. The topological polar surface area (TPSA) is 0 Å². The normalized spacial score (nSPS) is 9.78. The van der Waals surface area contributed by atoms with Crippen molar-refractivity contribution in [1.82, 2.24) is 0 Å². The van der Waals surface area contributed by atoms with Crippen molar-refractivity contribution in [2.24, 2.45) is 0 Å². The van der Waals surface area contributed by atoms with Gasteiger partial charge < -0.3 is 43.7 Å². The van der Waals surface area contributed by atoms with Crippen LogP contribution in [0, 0.1) is 0 Å². The van der Waals surface area contributed by atoms with Crippen LogP contribution in [0.5, 0.6) is 0 Å². The maximum Gasteiger partial charge on any atom is -0.000000000000000280 e. The van der Waals surface area contributed by atoms with Crippen LogP contribution in [-0.2, 0) is 0 Å². The summed E-state index contributed by atoms with van der Waals surface area (Å²) in [5.41, 5.74) is 0. The standard InChI is InChI=1S/B54/c1-29(2)43(30(3)4)50(44(31(5)6)32(7)8)53(49(41(25)26)42(27)28)54(51(45(33(9)10)34(11)12)46(35(13)14)36(15)16)52(47(37(17)18)38(19)20)48(39(21)22)40(23)24/q-4. The van der Waals surface area contributed by atoms with Crippen molar-refractivity contribution >= 4 is 383 Å². The van der Waals surface area contributed by atoms with Gasteiger partial charge in [0.25, 0.3) is 0 Å². The number of hydrogen-bond acceptors (Lipinski definition) is 0. The Morgan fingerprint density at radius 3 is 0.352 bits per heavy atom. The van der Waals surface area contributed by atoms with Crippen LogP contribution in [0.3, 0.4) is 0 Å². The van der Waals surface area contributed by atoms with Gasteiger partial charge in [0.05, 0.1) is 0 Å². The summed E-state index contributed by atoms with van der Waals surface area (Å²) in [5.74, 6) is 0. The van der Waals surface area contributed by atoms with Crippen molar-refractivity contribution in [1.29, 1.82) is 0 Å². The van der Waals surface area contributed by atoms with Crippen LogP contribution in [0.25, 0.3) is 0 Å². The average Bonchev–Trinajstić information content (AvgIpc) is 2.93. The zero-order valence-electron chi connectivity index (χ0n) is 31.2. The second kappa shape index (κ2) is 26.2. The smallest absolute Gasteiger partial charge is 0.000000000000000280 e. The quantitative estimate of drug-likeness (QED) is 0.0938. The van der Waals surface area contributed by atoms with Crippen LogP contribution in [0.2, 0.25) is 0 Å². The molecule has 54 heavy (non-hydrogen) atoms. The first-order chi connectivity index (χ1) is 24.5. The lowest BCUT2D eigenvalue weighted by atomic mass is 8.24. The van der Waals surface area contributed by atoms with E-state index in [4.69, 9.17) is 217 Å². The molecule has 0 unspecified atom stereocenters. The lowest BCUT2D eigenvalue weighted by molar-refractivity contribution is 3.18. The van der Waals surface area contributed by atoms with Crippen LogP contribution in [0.1, 0.15) is 0 Å². The fourth-order valence-corrected chi connectivity index (χ4v) is 9.24. The molecule has 0 aromatic heterocycles. The minimum absolute atomic E-state index is 1.24. The fourth-order valence-electron chi connectivity index (χ4n) is 9.24. The molecule has 0 spiro atoms. The molecule has 0 N–H and O–H groups in total. The minimum atomic E-state index is -1.44. The Balaban J connectivity index is 9.98. The predicted molar refractivity (Wildman–Crippen MR) is 311 cm³/mol. The summed E-state index contributed by atoms with van der Waals surface area (Å²) >= 11 is 0. The third-order valence-corrected chi connectivity index (χ3v) is 11.1. The maximum atomic E-state index is 6.57. The molecule has 0 atom stereocenters. The molecule has 0 aliphatic heterocycles. The second-order valence-corrected chi connectivity index (χ2v) is 15.0. The fraction of sp³-hybridized carbons (Fsp3) is 0. The number of hydrogen-bond donors (Lipinski definition) is 0. The lowest BCUT2D eigenvalue weighted by Crippen LogP contribution is -2.96. The Labute approximate surface area is 379 Å². The first-order valence-corrected chi connectivity index (χ1v) is 17.7. The SMILES string of the molecule is [B]B([B])B(B([B])[B])B(B(B([B])[B])B([B])[B])B(B(B(B([B])[B])B([B])[B])B(B([B])[B])B([B])[B])B(B(B([B])[B])B([B])[B])B(B(B([B])[B])B([B])[B])B(B([B-])[B-])B([B-])[B-]. The Hall–Kier alpha value is 3.51. The predicted octanol–water partition coefficient (Wildman–Crippen LogP) is -20.6. The molecule has 0 saturated carbocycles. The largest absolute Gasteiger partial charge is 0.729 e. The highest BCUT2D eigenvalue weighted by molar-refractivity contribution is 8.36. The van der Waals surface area contributed by atoms with Gasteiger partial charge in [-0.3, -0.25) is 0 Å². The van der Waals surface area contributed by atoms with E-state index in [1.807, 2.05) is 0 Å². The van der Waals surface area contributed by atoms with Gasteiger partial charge in [0.2, 0.25) is 0 Å². The van der Waals surface area contributed by atoms with Crippen molar-refractivity contribution in [3.8, 4) is 0 Å².